The van der Waals surface area contributed by atoms with Gasteiger partial charge in [0.15, 0.2) is 0 Å². The third kappa shape index (κ3) is 8.70. The van der Waals surface area contributed by atoms with Gasteiger partial charge in [0, 0.05) is 5.60 Å². The second-order valence-electron chi connectivity index (χ2n) is 8.92. The van der Waals surface area contributed by atoms with Gasteiger partial charge in [0.25, 0.3) is 14.3 Å². The van der Waals surface area contributed by atoms with Gasteiger partial charge in [0.2, 0.25) is 9.76 Å². The minimum absolute atomic E-state index is 0.0128. The van der Waals surface area contributed by atoms with Crippen molar-refractivity contribution in [1.29, 1.82) is 0 Å². The molecular formula is C21H44O3Si2. The molecule has 0 N–H and O–H groups in total. The second kappa shape index (κ2) is 12.3. The van der Waals surface area contributed by atoms with E-state index in [1.54, 1.807) is 0 Å². The first-order chi connectivity index (χ1) is 12.0. The first kappa shape index (κ1) is 25.9. The number of carbonyl (C=O) groups excluding carboxylic acids is 1. The Labute approximate surface area is 167 Å². The highest BCUT2D eigenvalue weighted by Crippen LogP contribution is 2.42. The summed E-state index contributed by atoms with van der Waals surface area (Å²) in [4.78, 5) is 12.9. The van der Waals surface area contributed by atoms with E-state index in [2.05, 4.69) is 55.4 Å². The van der Waals surface area contributed by atoms with Crippen LogP contribution in [0.5, 0.6) is 0 Å². The van der Waals surface area contributed by atoms with Crippen LogP contribution in [0.2, 0.25) is 23.2 Å². The van der Waals surface area contributed by atoms with Gasteiger partial charge < -0.3 is 8.85 Å². The van der Waals surface area contributed by atoms with Gasteiger partial charge in [-0.3, -0.25) is 4.79 Å². The van der Waals surface area contributed by atoms with Gasteiger partial charge in [0.05, 0.1) is 5.92 Å². The highest BCUT2D eigenvalue weighted by Gasteiger charge is 2.47. The van der Waals surface area contributed by atoms with Crippen LogP contribution in [-0.2, 0) is 13.6 Å². The van der Waals surface area contributed by atoms with E-state index in [-0.39, 0.29) is 17.5 Å². The van der Waals surface area contributed by atoms with Crippen molar-refractivity contribution in [2.24, 2.45) is 5.92 Å². The Morgan fingerprint density at radius 2 is 1.54 bits per heavy atom. The number of carbonyl (C=O) groups is 1. The lowest BCUT2D eigenvalue weighted by Crippen LogP contribution is -2.48. The minimum Gasteiger partial charge on any atom is -0.518 e. The van der Waals surface area contributed by atoms with Crippen molar-refractivity contribution in [3.05, 3.63) is 0 Å². The SMILES string of the molecule is CCCCC[Si](OC(=O)C(C)C[Si]OC(C)(C)C)(C(C)CC)C(C)CC. The van der Waals surface area contributed by atoms with Crippen LogP contribution in [-0.4, -0.2) is 29.7 Å². The summed E-state index contributed by atoms with van der Waals surface area (Å²) < 4.78 is 12.3. The molecule has 2 radical (unpaired) electrons. The van der Waals surface area contributed by atoms with Gasteiger partial charge in [0.1, 0.15) is 0 Å². The van der Waals surface area contributed by atoms with Crippen LogP contribution in [0.4, 0.5) is 0 Å². The Kier molecular flexibility index (Phi) is 12.3. The van der Waals surface area contributed by atoms with E-state index >= 15 is 0 Å². The van der Waals surface area contributed by atoms with E-state index in [1.165, 1.54) is 19.3 Å². The van der Waals surface area contributed by atoms with Crippen molar-refractivity contribution in [2.75, 3.05) is 0 Å². The van der Waals surface area contributed by atoms with Crippen LogP contribution >= 0.6 is 0 Å². The van der Waals surface area contributed by atoms with Crippen LogP contribution < -0.4 is 0 Å². The predicted molar refractivity (Wildman–Crippen MR) is 116 cm³/mol. The van der Waals surface area contributed by atoms with Crippen LogP contribution in [0.1, 0.15) is 94.4 Å². The summed E-state index contributed by atoms with van der Waals surface area (Å²) in [6.07, 6.45) is 5.82. The first-order valence-electron chi connectivity index (χ1n) is 10.7. The maximum absolute atomic E-state index is 12.9. The summed E-state index contributed by atoms with van der Waals surface area (Å²) in [5.41, 5.74) is 0.881. The van der Waals surface area contributed by atoms with E-state index in [0.717, 1.165) is 24.9 Å². The molecule has 3 unspecified atom stereocenters. The molecule has 0 rings (SSSR count). The molecule has 0 bridgehead atoms. The monoisotopic (exact) mass is 400 g/mol. The zero-order valence-electron chi connectivity index (χ0n) is 18.9. The molecular weight excluding hydrogens is 356 g/mol. The molecule has 26 heavy (non-hydrogen) atoms. The lowest BCUT2D eigenvalue weighted by atomic mass is 10.2. The summed E-state index contributed by atoms with van der Waals surface area (Å²) in [7, 11) is -1.78. The fraction of sp³-hybridized carbons (Fsp3) is 0.952. The molecule has 0 aliphatic rings. The standard InChI is InChI=1S/C21H44O3Si2/c1-10-13-14-15-26(18(5)11-2,19(6)12-3)23-20(22)17(4)16-25-24-21(7,8)9/h17-19H,10-16H2,1-9H3. The van der Waals surface area contributed by atoms with Gasteiger partial charge in [-0.05, 0) is 43.9 Å². The van der Waals surface area contributed by atoms with Crippen molar-refractivity contribution in [3.8, 4) is 0 Å². The molecule has 0 amide bonds. The van der Waals surface area contributed by atoms with E-state index in [9.17, 15) is 4.79 Å². The minimum atomic E-state index is -2.13. The van der Waals surface area contributed by atoms with Crippen LogP contribution in [0.3, 0.4) is 0 Å². The van der Waals surface area contributed by atoms with Crippen molar-refractivity contribution < 1.29 is 13.6 Å². The average Bonchev–Trinajstić information content (AvgIpc) is 2.58. The molecule has 0 spiro atoms. The number of hydrogen-bond acceptors (Lipinski definition) is 3. The normalized spacial score (nSPS) is 18.0. The maximum Gasteiger partial charge on any atom is 0.295 e. The highest BCUT2D eigenvalue weighted by molar-refractivity contribution is 6.77. The predicted octanol–water partition coefficient (Wildman–Crippen LogP) is 6.75. The maximum atomic E-state index is 12.9. The van der Waals surface area contributed by atoms with Gasteiger partial charge >= 0.3 is 0 Å². The smallest absolute Gasteiger partial charge is 0.295 e. The van der Waals surface area contributed by atoms with Crippen molar-refractivity contribution in [3.63, 3.8) is 0 Å². The van der Waals surface area contributed by atoms with Gasteiger partial charge in [-0.2, -0.15) is 0 Å². The van der Waals surface area contributed by atoms with Gasteiger partial charge in [-0.1, -0.05) is 73.6 Å². The molecule has 0 aromatic carbocycles. The van der Waals surface area contributed by atoms with E-state index in [4.69, 9.17) is 8.85 Å². The molecule has 0 aliphatic heterocycles. The fourth-order valence-electron chi connectivity index (χ4n) is 3.33. The fourth-order valence-corrected chi connectivity index (χ4v) is 9.48. The van der Waals surface area contributed by atoms with Crippen LogP contribution in [0.25, 0.3) is 0 Å². The number of rotatable bonds is 13. The quantitative estimate of drug-likeness (QED) is 0.253. The Bertz CT molecular complexity index is 383. The number of hydrogen-bond donors (Lipinski definition) is 0. The molecule has 3 nitrogen and oxygen atoms in total. The molecule has 0 saturated carbocycles. The number of unbranched alkanes of at least 4 members (excludes halogenated alkanes) is 2. The summed E-state index contributed by atoms with van der Waals surface area (Å²) in [6.45, 7) is 19.5. The summed E-state index contributed by atoms with van der Waals surface area (Å²) in [5, 5.41) is 0. The summed E-state index contributed by atoms with van der Waals surface area (Å²) in [6, 6.07) is 1.88. The second-order valence-corrected chi connectivity index (χ2v) is 14.4. The Morgan fingerprint density at radius 3 is 1.96 bits per heavy atom. The molecule has 154 valence electrons. The van der Waals surface area contributed by atoms with Gasteiger partial charge in [-0.25, -0.2) is 0 Å². The van der Waals surface area contributed by atoms with E-state index in [0.29, 0.717) is 20.8 Å². The average molecular weight is 401 g/mol. The Balaban J connectivity index is 5.14. The largest absolute Gasteiger partial charge is 0.518 e. The Morgan fingerprint density at radius 1 is 1.00 bits per heavy atom. The highest BCUT2D eigenvalue weighted by atomic mass is 28.4. The van der Waals surface area contributed by atoms with Gasteiger partial charge in [-0.15, -0.1) is 0 Å². The lowest BCUT2D eigenvalue weighted by molar-refractivity contribution is -0.139. The van der Waals surface area contributed by atoms with Crippen LogP contribution in [0, 0.1) is 5.92 Å². The third-order valence-electron chi connectivity index (χ3n) is 5.52. The first-order valence-corrected chi connectivity index (χ1v) is 14.1. The molecule has 0 aromatic heterocycles. The Hall–Kier alpha value is -0.136. The molecule has 5 heteroatoms. The molecule has 0 fully saturated rings. The molecule has 0 saturated heterocycles. The van der Waals surface area contributed by atoms with Crippen molar-refractivity contribution in [1.82, 2.24) is 0 Å². The molecule has 3 atom stereocenters. The van der Waals surface area contributed by atoms with E-state index in [1.807, 2.05) is 6.92 Å². The topological polar surface area (TPSA) is 35.5 Å². The lowest BCUT2D eigenvalue weighted by Gasteiger charge is -2.41. The summed E-state index contributed by atoms with van der Waals surface area (Å²) >= 11 is 0. The van der Waals surface area contributed by atoms with Crippen molar-refractivity contribution in [2.45, 2.75) is 123 Å². The zero-order valence-corrected chi connectivity index (χ0v) is 20.9. The molecule has 0 aliphatic carbocycles. The third-order valence-corrected chi connectivity index (χ3v) is 12.9. The zero-order chi connectivity index (χ0) is 20.4. The molecule has 0 heterocycles. The van der Waals surface area contributed by atoms with Crippen LogP contribution in [0.15, 0.2) is 0 Å². The molecule has 0 aromatic rings. The summed E-state index contributed by atoms with van der Waals surface area (Å²) in [5.74, 6) is -0.0689. The van der Waals surface area contributed by atoms with Crippen molar-refractivity contribution >= 4 is 24.0 Å². The van der Waals surface area contributed by atoms with E-state index < -0.39 is 8.32 Å².